The van der Waals surface area contributed by atoms with Crippen LogP contribution in [0.25, 0.3) is 0 Å². The minimum Gasteiger partial charge on any atom is -0.488 e. The van der Waals surface area contributed by atoms with Gasteiger partial charge in [-0.15, -0.1) is 0 Å². The second-order valence-electron chi connectivity index (χ2n) is 6.30. The number of rotatable bonds is 6. The highest BCUT2D eigenvalue weighted by Gasteiger charge is 2.15. The van der Waals surface area contributed by atoms with Gasteiger partial charge in [0.2, 0.25) is 0 Å². The van der Waals surface area contributed by atoms with Gasteiger partial charge in [-0.2, -0.15) is 5.10 Å². The Kier molecular flexibility index (Phi) is 7.75. The molecule has 3 aromatic carbocycles. The first-order valence-corrected chi connectivity index (χ1v) is 9.85. The van der Waals surface area contributed by atoms with Crippen molar-refractivity contribution >= 4 is 46.9 Å². The van der Waals surface area contributed by atoms with Gasteiger partial charge in [0, 0.05) is 16.1 Å². The molecule has 0 aliphatic carbocycles. The number of halogens is 4. The molecule has 3 aromatic rings. The van der Waals surface area contributed by atoms with Crippen molar-refractivity contribution in [3.63, 3.8) is 0 Å². The minimum atomic E-state index is -1.12. The number of nitrogens with one attached hydrogen (secondary N) is 2. The van der Waals surface area contributed by atoms with Gasteiger partial charge in [-0.05, 0) is 42.5 Å². The maximum Gasteiger partial charge on any atom is 0.329 e. The summed E-state index contributed by atoms with van der Waals surface area (Å²) in [5.41, 5.74) is 2.40. The summed E-state index contributed by atoms with van der Waals surface area (Å²) in [6, 6.07) is 14.3. The van der Waals surface area contributed by atoms with Gasteiger partial charge in [0.15, 0.2) is 0 Å². The lowest BCUT2D eigenvalue weighted by atomic mass is 10.2. The Hall–Kier alpha value is -3.49. The van der Waals surface area contributed by atoms with Gasteiger partial charge in [0.1, 0.15) is 24.0 Å². The van der Waals surface area contributed by atoms with E-state index in [0.29, 0.717) is 10.6 Å². The fraction of sp³-hybridized carbons (Fsp3) is 0.0455. The quantitative estimate of drug-likeness (QED) is 0.299. The molecule has 0 heterocycles. The molecule has 0 aromatic heterocycles. The topological polar surface area (TPSA) is 79.8 Å². The van der Waals surface area contributed by atoms with Crippen molar-refractivity contribution in [1.82, 2.24) is 5.43 Å². The zero-order valence-corrected chi connectivity index (χ0v) is 17.8. The van der Waals surface area contributed by atoms with Crippen LogP contribution in [0.15, 0.2) is 65.8 Å². The molecule has 6 nitrogen and oxygen atoms in total. The SMILES string of the molecule is O=C(N/N=C\c1cc(Cl)ccc1OCc1c(F)cccc1Cl)C(=O)Nc1ccccc1F. The fourth-order valence-electron chi connectivity index (χ4n) is 2.52. The van der Waals surface area contributed by atoms with E-state index in [4.69, 9.17) is 27.9 Å². The van der Waals surface area contributed by atoms with Gasteiger partial charge < -0.3 is 10.1 Å². The fourth-order valence-corrected chi connectivity index (χ4v) is 2.92. The summed E-state index contributed by atoms with van der Waals surface area (Å²) in [5.74, 6) is -3.15. The number of benzene rings is 3. The number of carbonyl (C=O) groups excluding carboxylic acids is 2. The molecule has 0 aliphatic heterocycles. The van der Waals surface area contributed by atoms with Crippen LogP contribution in [0.1, 0.15) is 11.1 Å². The Balaban J connectivity index is 1.66. The highest BCUT2D eigenvalue weighted by Crippen LogP contribution is 2.25. The number of hydrogen-bond donors (Lipinski definition) is 2. The Labute approximate surface area is 191 Å². The van der Waals surface area contributed by atoms with E-state index in [-0.39, 0.29) is 28.6 Å². The predicted octanol–water partition coefficient (Wildman–Crippen LogP) is 4.94. The molecule has 0 radical (unpaired) electrons. The van der Waals surface area contributed by atoms with Crippen LogP contribution in [0.3, 0.4) is 0 Å². The summed E-state index contributed by atoms with van der Waals surface area (Å²) in [6.07, 6.45) is 1.19. The average Bonchev–Trinajstić information content (AvgIpc) is 2.76. The van der Waals surface area contributed by atoms with Gasteiger partial charge in [-0.3, -0.25) is 9.59 Å². The molecule has 10 heteroatoms. The van der Waals surface area contributed by atoms with Gasteiger partial charge in [0.25, 0.3) is 0 Å². The average molecular weight is 478 g/mol. The van der Waals surface area contributed by atoms with E-state index in [2.05, 4.69) is 10.4 Å². The zero-order valence-electron chi connectivity index (χ0n) is 16.2. The monoisotopic (exact) mass is 477 g/mol. The molecular weight excluding hydrogens is 463 g/mol. The smallest absolute Gasteiger partial charge is 0.329 e. The van der Waals surface area contributed by atoms with E-state index < -0.39 is 23.4 Å². The molecule has 164 valence electrons. The highest BCUT2D eigenvalue weighted by atomic mass is 35.5. The van der Waals surface area contributed by atoms with Crippen LogP contribution in [0.4, 0.5) is 14.5 Å². The standard InChI is InChI=1S/C22H15Cl2F2N3O3/c23-14-8-9-20(32-12-15-16(24)4-3-6-17(15)25)13(10-14)11-27-29-22(31)21(30)28-19-7-2-1-5-18(19)26/h1-11H,12H2,(H,28,30)(H,29,31)/b27-11-. The summed E-state index contributed by atoms with van der Waals surface area (Å²) in [7, 11) is 0. The molecule has 0 atom stereocenters. The molecule has 0 aliphatic rings. The number of carbonyl (C=O) groups is 2. The maximum atomic E-state index is 13.9. The van der Waals surface area contributed by atoms with Crippen molar-refractivity contribution < 1.29 is 23.1 Å². The molecule has 0 saturated carbocycles. The largest absolute Gasteiger partial charge is 0.488 e. The summed E-state index contributed by atoms with van der Waals surface area (Å²) in [6.45, 7) is -0.161. The molecule has 2 amide bonds. The first-order valence-electron chi connectivity index (χ1n) is 9.09. The number of hydrogen-bond acceptors (Lipinski definition) is 4. The summed E-state index contributed by atoms with van der Waals surface area (Å²) >= 11 is 12.0. The molecule has 32 heavy (non-hydrogen) atoms. The summed E-state index contributed by atoms with van der Waals surface area (Å²) < 4.78 is 33.2. The van der Waals surface area contributed by atoms with Crippen LogP contribution in [0.5, 0.6) is 5.75 Å². The van der Waals surface area contributed by atoms with Crippen LogP contribution in [0, 0.1) is 11.6 Å². The first-order chi connectivity index (χ1) is 15.3. The maximum absolute atomic E-state index is 13.9. The lowest BCUT2D eigenvalue weighted by Gasteiger charge is -2.11. The zero-order chi connectivity index (χ0) is 23.1. The second kappa shape index (κ2) is 10.7. The van der Waals surface area contributed by atoms with E-state index in [9.17, 15) is 18.4 Å². The Bertz CT molecular complexity index is 1170. The minimum absolute atomic E-state index is 0.144. The van der Waals surface area contributed by atoms with E-state index in [1.165, 1.54) is 54.7 Å². The summed E-state index contributed by atoms with van der Waals surface area (Å²) in [4.78, 5) is 23.8. The molecule has 0 spiro atoms. The lowest BCUT2D eigenvalue weighted by molar-refractivity contribution is -0.136. The number of anilines is 1. The lowest BCUT2D eigenvalue weighted by Crippen LogP contribution is -2.32. The highest BCUT2D eigenvalue weighted by molar-refractivity contribution is 6.39. The van der Waals surface area contributed by atoms with Gasteiger partial charge in [-0.1, -0.05) is 41.4 Å². The van der Waals surface area contributed by atoms with Gasteiger partial charge >= 0.3 is 11.8 Å². The van der Waals surface area contributed by atoms with Crippen LogP contribution in [-0.4, -0.2) is 18.0 Å². The van der Waals surface area contributed by atoms with Crippen LogP contribution in [-0.2, 0) is 16.2 Å². The summed E-state index contributed by atoms with van der Waals surface area (Å²) in [5, 5.41) is 6.40. The molecule has 0 unspecified atom stereocenters. The normalized spacial score (nSPS) is 10.8. The molecular formula is C22H15Cl2F2N3O3. The van der Waals surface area contributed by atoms with Crippen LogP contribution in [0.2, 0.25) is 10.0 Å². The van der Waals surface area contributed by atoms with Crippen molar-refractivity contribution in [3.05, 3.63) is 93.5 Å². The number of amides is 2. The third-order valence-corrected chi connectivity index (χ3v) is 4.69. The van der Waals surface area contributed by atoms with Crippen LogP contribution >= 0.6 is 23.2 Å². The van der Waals surface area contributed by atoms with E-state index in [0.717, 1.165) is 6.07 Å². The third kappa shape index (κ3) is 6.03. The van der Waals surface area contributed by atoms with Crippen molar-refractivity contribution in [2.45, 2.75) is 6.61 Å². The van der Waals surface area contributed by atoms with Crippen molar-refractivity contribution in [2.75, 3.05) is 5.32 Å². The van der Waals surface area contributed by atoms with Crippen molar-refractivity contribution in [2.24, 2.45) is 5.10 Å². The number of nitrogens with zero attached hydrogens (tertiary/aromatic N) is 1. The van der Waals surface area contributed by atoms with Crippen LogP contribution < -0.4 is 15.5 Å². The third-order valence-electron chi connectivity index (χ3n) is 4.10. The molecule has 0 saturated heterocycles. The number of hydrazone groups is 1. The number of ether oxygens (including phenoxy) is 1. The van der Waals surface area contributed by atoms with Gasteiger partial charge in [0.05, 0.1) is 16.9 Å². The number of para-hydroxylation sites is 1. The Morgan fingerprint density at radius 1 is 0.969 bits per heavy atom. The van der Waals surface area contributed by atoms with E-state index in [1.807, 2.05) is 5.43 Å². The molecule has 0 fully saturated rings. The van der Waals surface area contributed by atoms with Crippen molar-refractivity contribution in [1.29, 1.82) is 0 Å². The van der Waals surface area contributed by atoms with E-state index >= 15 is 0 Å². The molecule has 0 bridgehead atoms. The van der Waals surface area contributed by atoms with E-state index in [1.54, 1.807) is 6.07 Å². The molecule has 2 N–H and O–H groups in total. The van der Waals surface area contributed by atoms with Crippen molar-refractivity contribution in [3.8, 4) is 5.75 Å². The predicted molar refractivity (Wildman–Crippen MR) is 118 cm³/mol. The van der Waals surface area contributed by atoms with Gasteiger partial charge in [-0.25, -0.2) is 14.2 Å². The Morgan fingerprint density at radius 2 is 1.72 bits per heavy atom. The Morgan fingerprint density at radius 3 is 2.47 bits per heavy atom. The molecule has 3 rings (SSSR count). The second-order valence-corrected chi connectivity index (χ2v) is 7.15. The first kappa shape index (κ1) is 23.2.